The van der Waals surface area contributed by atoms with Gasteiger partial charge in [0.05, 0.1) is 5.57 Å². The molecule has 1 aliphatic heterocycles. The second-order valence-electron chi connectivity index (χ2n) is 3.20. The minimum atomic E-state index is -0.523. The van der Waals surface area contributed by atoms with E-state index in [4.69, 9.17) is 0 Å². The number of nitrogens with one attached hydrogen (secondary N) is 1. The van der Waals surface area contributed by atoms with Gasteiger partial charge in [-0.1, -0.05) is 17.7 Å². The number of fused-ring (bicyclic) bond motifs is 1. The van der Waals surface area contributed by atoms with Gasteiger partial charge in [0, 0.05) is 5.70 Å². The van der Waals surface area contributed by atoms with E-state index in [2.05, 4.69) is 5.32 Å². The molecule has 2 rings (SSSR count). The molecule has 0 unspecified atom stereocenters. The molecule has 1 fully saturated rings. The third-order valence-electron chi connectivity index (χ3n) is 2.15. The van der Waals surface area contributed by atoms with Crippen molar-refractivity contribution in [1.29, 1.82) is 0 Å². The number of rotatable bonds is 0. The van der Waals surface area contributed by atoms with E-state index in [9.17, 15) is 9.59 Å². The molecule has 66 valence electrons. The van der Waals surface area contributed by atoms with Crippen molar-refractivity contribution in [2.75, 3.05) is 0 Å². The van der Waals surface area contributed by atoms with Crippen molar-refractivity contribution in [1.82, 2.24) is 5.32 Å². The first kappa shape index (κ1) is 7.98. The lowest BCUT2D eigenvalue weighted by molar-refractivity contribution is -0.133. The highest BCUT2D eigenvalue weighted by Crippen LogP contribution is 2.21. The maximum absolute atomic E-state index is 11.2. The highest BCUT2D eigenvalue weighted by molar-refractivity contribution is 6.47. The first-order valence-corrected chi connectivity index (χ1v) is 4.12. The summed E-state index contributed by atoms with van der Waals surface area (Å²) in [5.41, 5.74) is 2.32. The van der Waals surface area contributed by atoms with Crippen LogP contribution >= 0.6 is 0 Å². The molecule has 0 radical (unpaired) electrons. The molecule has 1 saturated heterocycles. The lowest BCUT2D eigenvalue weighted by atomic mass is 10.1. The van der Waals surface area contributed by atoms with Crippen molar-refractivity contribution < 1.29 is 9.59 Å². The second kappa shape index (κ2) is 2.69. The van der Waals surface area contributed by atoms with Crippen LogP contribution in [0.3, 0.4) is 0 Å². The number of carbonyl (C=O) groups is 2. The number of allylic oxidation sites excluding steroid dienone is 5. The molecule has 0 bridgehead atoms. The Bertz CT molecular complexity index is 386. The van der Waals surface area contributed by atoms with Crippen LogP contribution in [0.15, 0.2) is 35.1 Å². The molecule has 3 nitrogen and oxygen atoms in total. The van der Waals surface area contributed by atoms with Gasteiger partial charge in [-0.25, -0.2) is 0 Å². The van der Waals surface area contributed by atoms with Crippen molar-refractivity contribution in [3.05, 3.63) is 35.1 Å². The van der Waals surface area contributed by atoms with Crippen LogP contribution in [0.1, 0.15) is 13.3 Å². The number of hydrogen-bond donors (Lipinski definition) is 1. The third-order valence-corrected chi connectivity index (χ3v) is 2.15. The van der Waals surface area contributed by atoms with Crippen LogP contribution in [-0.2, 0) is 9.59 Å². The maximum atomic E-state index is 11.2. The van der Waals surface area contributed by atoms with Gasteiger partial charge in [0.2, 0.25) is 0 Å². The lowest BCUT2D eigenvalue weighted by Gasteiger charge is -1.94. The molecule has 1 amide bonds. The van der Waals surface area contributed by atoms with E-state index in [0.29, 0.717) is 11.3 Å². The normalized spacial score (nSPS) is 21.2. The van der Waals surface area contributed by atoms with Gasteiger partial charge >= 0.3 is 0 Å². The van der Waals surface area contributed by atoms with Gasteiger partial charge in [0.25, 0.3) is 11.7 Å². The summed E-state index contributed by atoms with van der Waals surface area (Å²) in [5.74, 6) is -0.956. The molecule has 13 heavy (non-hydrogen) atoms. The fourth-order valence-corrected chi connectivity index (χ4v) is 1.37. The largest absolute Gasteiger partial charge is 0.319 e. The Kier molecular flexibility index (Phi) is 1.65. The van der Waals surface area contributed by atoms with Crippen LogP contribution in [0.2, 0.25) is 0 Å². The van der Waals surface area contributed by atoms with E-state index in [1.54, 1.807) is 6.08 Å². The standard InChI is InChI=1S/C10H9NO2/c1-6-2-4-7-8(5-3-6)11-10(13)9(7)12/h2,4-5H,3H2,1H3,(H,11,13). The zero-order valence-corrected chi connectivity index (χ0v) is 7.26. The van der Waals surface area contributed by atoms with Crippen molar-refractivity contribution in [3.8, 4) is 0 Å². The van der Waals surface area contributed by atoms with Gasteiger partial charge in [0.15, 0.2) is 0 Å². The summed E-state index contributed by atoms with van der Waals surface area (Å²) < 4.78 is 0. The van der Waals surface area contributed by atoms with E-state index in [1.807, 2.05) is 19.1 Å². The second-order valence-corrected chi connectivity index (χ2v) is 3.20. The Labute approximate surface area is 75.8 Å². The van der Waals surface area contributed by atoms with Crippen molar-refractivity contribution in [2.45, 2.75) is 13.3 Å². The van der Waals surface area contributed by atoms with Crippen molar-refractivity contribution in [2.24, 2.45) is 0 Å². The Hall–Kier alpha value is -1.64. The van der Waals surface area contributed by atoms with Gasteiger partial charge in [-0.15, -0.1) is 0 Å². The van der Waals surface area contributed by atoms with E-state index < -0.39 is 11.7 Å². The number of ketones is 1. The molecular weight excluding hydrogens is 166 g/mol. The fraction of sp³-hybridized carbons (Fsp3) is 0.200. The predicted octanol–water partition coefficient (Wildman–Crippen LogP) is 0.846. The van der Waals surface area contributed by atoms with Gasteiger partial charge in [0.1, 0.15) is 0 Å². The zero-order chi connectivity index (χ0) is 9.42. The van der Waals surface area contributed by atoms with Crippen LogP contribution in [0.4, 0.5) is 0 Å². The molecule has 0 aromatic carbocycles. The number of amides is 1. The molecule has 1 N–H and O–H groups in total. The molecule has 0 saturated carbocycles. The highest BCUT2D eigenvalue weighted by Gasteiger charge is 2.30. The minimum absolute atomic E-state index is 0.433. The van der Waals surface area contributed by atoms with Crippen molar-refractivity contribution >= 4 is 11.7 Å². The van der Waals surface area contributed by atoms with Crippen molar-refractivity contribution in [3.63, 3.8) is 0 Å². The number of hydrogen-bond acceptors (Lipinski definition) is 2. The Balaban J connectivity index is 2.48. The van der Waals surface area contributed by atoms with Gasteiger partial charge < -0.3 is 5.32 Å². The van der Waals surface area contributed by atoms with Crippen LogP contribution in [0.5, 0.6) is 0 Å². The Morgan fingerprint density at radius 1 is 1.31 bits per heavy atom. The summed E-state index contributed by atoms with van der Waals surface area (Å²) in [6, 6.07) is 0. The number of carbonyl (C=O) groups excluding carboxylic acids is 2. The molecular formula is C10H9NO2. The molecule has 3 heteroatoms. The fourth-order valence-electron chi connectivity index (χ4n) is 1.37. The predicted molar refractivity (Wildman–Crippen MR) is 47.7 cm³/mol. The molecule has 1 heterocycles. The maximum Gasteiger partial charge on any atom is 0.296 e. The average molecular weight is 175 g/mol. The zero-order valence-electron chi connectivity index (χ0n) is 7.26. The summed E-state index contributed by atoms with van der Waals surface area (Å²) in [7, 11) is 0. The molecule has 0 spiro atoms. The van der Waals surface area contributed by atoms with E-state index in [0.717, 1.165) is 6.42 Å². The van der Waals surface area contributed by atoms with Gasteiger partial charge in [-0.05, 0) is 19.4 Å². The summed E-state index contributed by atoms with van der Waals surface area (Å²) in [6.45, 7) is 1.99. The topological polar surface area (TPSA) is 46.2 Å². The minimum Gasteiger partial charge on any atom is -0.319 e. The van der Waals surface area contributed by atoms with E-state index in [1.165, 1.54) is 5.57 Å². The Morgan fingerprint density at radius 2 is 2.08 bits per heavy atom. The first-order valence-electron chi connectivity index (χ1n) is 4.12. The quantitative estimate of drug-likeness (QED) is 0.555. The van der Waals surface area contributed by atoms with Crippen LogP contribution in [-0.4, -0.2) is 11.7 Å². The summed E-state index contributed by atoms with van der Waals surface area (Å²) in [6.07, 6.45) is 6.22. The molecule has 1 aliphatic carbocycles. The lowest BCUT2D eigenvalue weighted by Crippen LogP contribution is -2.17. The molecule has 0 aromatic heterocycles. The van der Waals surface area contributed by atoms with E-state index >= 15 is 0 Å². The third kappa shape index (κ3) is 1.22. The molecule has 0 aromatic rings. The van der Waals surface area contributed by atoms with Crippen LogP contribution in [0.25, 0.3) is 0 Å². The van der Waals surface area contributed by atoms with Gasteiger partial charge in [-0.2, -0.15) is 0 Å². The SMILES string of the molecule is CC1=CC=C2C(=O)C(=O)NC2=CC1. The van der Waals surface area contributed by atoms with E-state index in [-0.39, 0.29) is 0 Å². The highest BCUT2D eigenvalue weighted by atomic mass is 16.2. The summed E-state index contributed by atoms with van der Waals surface area (Å²) >= 11 is 0. The molecule has 2 aliphatic rings. The summed E-state index contributed by atoms with van der Waals surface area (Å²) in [4.78, 5) is 22.2. The smallest absolute Gasteiger partial charge is 0.296 e. The monoisotopic (exact) mass is 175 g/mol. The first-order chi connectivity index (χ1) is 6.18. The molecule has 0 atom stereocenters. The van der Waals surface area contributed by atoms with Crippen LogP contribution < -0.4 is 5.32 Å². The van der Waals surface area contributed by atoms with Crippen LogP contribution in [0, 0.1) is 0 Å². The number of Topliss-reactive ketones (excluding diaryl/α,β-unsaturated/α-hetero) is 1. The Morgan fingerprint density at radius 3 is 2.85 bits per heavy atom. The summed E-state index contributed by atoms with van der Waals surface area (Å²) in [5, 5.41) is 2.54. The van der Waals surface area contributed by atoms with Gasteiger partial charge in [-0.3, -0.25) is 9.59 Å². The average Bonchev–Trinajstić information content (AvgIpc) is 2.28.